The first-order valence-corrected chi connectivity index (χ1v) is 6.23. The minimum absolute atomic E-state index is 0.209. The Morgan fingerprint density at radius 3 is 2.71 bits per heavy atom. The van der Waals surface area contributed by atoms with Crippen molar-refractivity contribution in [3.63, 3.8) is 0 Å². The Morgan fingerprint density at radius 2 is 2.21 bits per heavy atom. The summed E-state index contributed by atoms with van der Waals surface area (Å²) in [5.74, 6) is 0. The number of halogens is 1. The molecule has 0 aliphatic rings. The van der Waals surface area contributed by atoms with E-state index in [0.29, 0.717) is 4.34 Å². The second-order valence-corrected chi connectivity index (χ2v) is 6.24. The summed E-state index contributed by atoms with van der Waals surface area (Å²) in [5, 5.41) is 0. The van der Waals surface area contributed by atoms with Crippen LogP contribution in [0, 0.1) is 0 Å². The summed E-state index contributed by atoms with van der Waals surface area (Å²) < 4.78 is 25.3. The monoisotopic (exact) mass is 248 g/mol. The average Bonchev–Trinajstić information content (AvgIpc) is 2.72. The Kier molecular flexibility index (Phi) is 2.34. The molecule has 4 nitrogen and oxygen atoms in total. The van der Waals surface area contributed by atoms with Crippen molar-refractivity contribution in [2.24, 2.45) is 0 Å². The molecule has 0 aliphatic carbocycles. The number of aromatic nitrogens is 2. The Balaban J connectivity index is 2.54. The highest BCUT2D eigenvalue weighted by molar-refractivity contribution is 7.92. The van der Waals surface area contributed by atoms with E-state index in [1.165, 1.54) is 24.8 Å². The topological polar surface area (TPSA) is 52.0 Å². The van der Waals surface area contributed by atoms with Crippen LogP contribution in [-0.2, 0) is 10.0 Å². The second-order valence-electron chi connectivity index (χ2n) is 2.46. The molecule has 0 radical (unpaired) electrons. The molecule has 0 bridgehead atoms. The van der Waals surface area contributed by atoms with Crippen molar-refractivity contribution in [1.82, 2.24) is 8.96 Å². The standard InChI is InChI=1S/C7H5ClN2O2S2/c8-6-1-2-7(13-6)14(11,12)10-4-3-9-5-10/h1-5H. The van der Waals surface area contributed by atoms with Crippen LogP contribution in [0.25, 0.3) is 0 Å². The lowest BCUT2D eigenvalue weighted by Crippen LogP contribution is -2.08. The third-order valence-corrected chi connectivity index (χ3v) is 4.88. The molecule has 0 spiro atoms. The molecule has 2 aromatic rings. The summed E-state index contributed by atoms with van der Waals surface area (Å²) in [7, 11) is -3.49. The molecule has 0 aliphatic heterocycles. The van der Waals surface area contributed by atoms with Gasteiger partial charge in [-0.3, -0.25) is 0 Å². The van der Waals surface area contributed by atoms with E-state index in [2.05, 4.69) is 4.98 Å². The first-order valence-electron chi connectivity index (χ1n) is 3.59. The van der Waals surface area contributed by atoms with Gasteiger partial charge >= 0.3 is 0 Å². The first-order chi connectivity index (χ1) is 6.60. The Hall–Kier alpha value is -0.850. The number of hydrogen-bond acceptors (Lipinski definition) is 4. The van der Waals surface area contributed by atoms with Crippen molar-refractivity contribution < 1.29 is 8.42 Å². The molecule has 2 rings (SSSR count). The summed E-state index contributed by atoms with van der Waals surface area (Å²) in [5.41, 5.74) is 0. The fourth-order valence-corrected chi connectivity index (χ4v) is 3.63. The van der Waals surface area contributed by atoms with Crippen molar-refractivity contribution in [2.75, 3.05) is 0 Å². The summed E-state index contributed by atoms with van der Waals surface area (Å²) in [4.78, 5) is 3.68. The lowest BCUT2D eigenvalue weighted by Gasteiger charge is -1.99. The first kappa shape index (κ1) is 9.70. The van der Waals surface area contributed by atoms with Gasteiger partial charge in [0.05, 0.1) is 4.34 Å². The number of imidazole rings is 1. The lowest BCUT2D eigenvalue weighted by molar-refractivity contribution is 0.589. The van der Waals surface area contributed by atoms with Gasteiger partial charge in [-0.1, -0.05) is 11.6 Å². The van der Waals surface area contributed by atoms with Gasteiger partial charge in [-0.2, -0.15) is 8.42 Å². The molecule has 7 heteroatoms. The SMILES string of the molecule is O=S(=O)(c1ccc(Cl)s1)n1ccnc1. The summed E-state index contributed by atoms with van der Waals surface area (Å²) in [6.45, 7) is 0. The molecule has 74 valence electrons. The molecule has 0 aromatic carbocycles. The summed E-state index contributed by atoms with van der Waals surface area (Å²) >= 11 is 6.68. The van der Waals surface area contributed by atoms with Gasteiger partial charge in [-0.25, -0.2) is 8.96 Å². The largest absolute Gasteiger partial charge is 0.278 e. The molecule has 0 unspecified atom stereocenters. The number of hydrogen-bond donors (Lipinski definition) is 0. The number of nitrogens with zero attached hydrogens (tertiary/aromatic N) is 2. The number of rotatable bonds is 2. The van der Waals surface area contributed by atoms with E-state index < -0.39 is 10.0 Å². The van der Waals surface area contributed by atoms with E-state index in [0.717, 1.165) is 15.3 Å². The smallest absolute Gasteiger partial charge is 0.244 e. The molecule has 0 N–H and O–H groups in total. The Morgan fingerprint density at radius 1 is 1.43 bits per heavy atom. The van der Waals surface area contributed by atoms with Crippen LogP contribution in [0.15, 0.2) is 35.1 Å². The van der Waals surface area contributed by atoms with Gasteiger partial charge in [0.1, 0.15) is 10.5 Å². The molecule has 0 amide bonds. The van der Waals surface area contributed by atoms with Crippen LogP contribution >= 0.6 is 22.9 Å². The zero-order chi connectivity index (χ0) is 10.2. The van der Waals surface area contributed by atoms with Crippen LogP contribution < -0.4 is 0 Å². The fraction of sp³-hybridized carbons (Fsp3) is 0. The Labute approximate surface area is 89.8 Å². The van der Waals surface area contributed by atoms with E-state index >= 15 is 0 Å². The van der Waals surface area contributed by atoms with Gasteiger partial charge in [0.15, 0.2) is 0 Å². The maximum atomic E-state index is 11.8. The van der Waals surface area contributed by atoms with Gasteiger partial charge in [-0.15, -0.1) is 11.3 Å². The fourth-order valence-electron chi connectivity index (χ4n) is 0.929. The lowest BCUT2D eigenvalue weighted by atomic mass is 10.7. The van der Waals surface area contributed by atoms with E-state index in [4.69, 9.17) is 11.6 Å². The van der Waals surface area contributed by atoms with Gasteiger partial charge in [-0.05, 0) is 12.1 Å². The van der Waals surface area contributed by atoms with Crippen LogP contribution in [0.5, 0.6) is 0 Å². The van der Waals surface area contributed by atoms with Crippen LogP contribution in [-0.4, -0.2) is 17.4 Å². The second kappa shape index (κ2) is 3.38. The minimum Gasteiger partial charge on any atom is -0.244 e. The van der Waals surface area contributed by atoms with E-state index in [-0.39, 0.29) is 4.21 Å². The van der Waals surface area contributed by atoms with Crippen molar-refractivity contribution in [1.29, 1.82) is 0 Å². The Bertz CT molecular complexity index is 530. The third kappa shape index (κ3) is 1.56. The predicted molar refractivity (Wildman–Crippen MR) is 54.1 cm³/mol. The van der Waals surface area contributed by atoms with Crippen LogP contribution in [0.2, 0.25) is 4.34 Å². The normalized spacial score (nSPS) is 11.8. The zero-order valence-electron chi connectivity index (χ0n) is 6.79. The van der Waals surface area contributed by atoms with Crippen LogP contribution in [0.4, 0.5) is 0 Å². The zero-order valence-corrected chi connectivity index (χ0v) is 9.18. The highest BCUT2D eigenvalue weighted by atomic mass is 35.5. The maximum absolute atomic E-state index is 11.8. The van der Waals surface area contributed by atoms with Gasteiger partial charge < -0.3 is 0 Å². The van der Waals surface area contributed by atoms with Gasteiger partial charge in [0.2, 0.25) is 0 Å². The molecule has 0 fully saturated rings. The number of thiophene rings is 1. The highest BCUT2D eigenvalue weighted by Gasteiger charge is 2.17. The molecule has 0 saturated heterocycles. The summed E-state index contributed by atoms with van der Waals surface area (Å²) in [6.07, 6.45) is 4.03. The van der Waals surface area contributed by atoms with Crippen LogP contribution in [0.3, 0.4) is 0 Å². The van der Waals surface area contributed by atoms with Crippen molar-refractivity contribution >= 4 is 33.0 Å². The van der Waals surface area contributed by atoms with Gasteiger partial charge in [0.25, 0.3) is 10.0 Å². The molecular weight excluding hydrogens is 244 g/mol. The molecule has 0 atom stereocenters. The van der Waals surface area contributed by atoms with E-state index in [1.807, 2.05) is 0 Å². The van der Waals surface area contributed by atoms with Gasteiger partial charge in [0, 0.05) is 12.4 Å². The predicted octanol–water partition coefficient (Wildman–Crippen LogP) is 1.83. The van der Waals surface area contributed by atoms with Crippen molar-refractivity contribution in [3.8, 4) is 0 Å². The van der Waals surface area contributed by atoms with E-state index in [1.54, 1.807) is 6.07 Å². The van der Waals surface area contributed by atoms with Crippen molar-refractivity contribution in [2.45, 2.75) is 4.21 Å². The maximum Gasteiger partial charge on any atom is 0.278 e. The molecule has 0 saturated carbocycles. The highest BCUT2D eigenvalue weighted by Crippen LogP contribution is 2.26. The molecule has 2 aromatic heterocycles. The average molecular weight is 249 g/mol. The van der Waals surface area contributed by atoms with Crippen LogP contribution in [0.1, 0.15) is 0 Å². The molecule has 2 heterocycles. The quantitative estimate of drug-likeness (QED) is 0.815. The van der Waals surface area contributed by atoms with E-state index in [9.17, 15) is 8.42 Å². The minimum atomic E-state index is -3.49. The summed E-state index contributed by atoms with van der Waals surface area (Å²) in [6, 6.07) is 3.03. The molecular formula is C7H5ClN2O2S2. The van der Waals surface area contributed by atoms with Crippen molar-refractivity contribution in [3.05, 3.63) is 35.2 Å². The third-order valence-electron chi connectivity index (χ3n) is 1.56. The molecule has 14 heavy (non-hydrogen) atoms.